The van der Waals surface area contributed by atoms with Crippen LogP contribution in [-0.4, -0.2) is 39.5 Å². The van der Waals surface area contributed by atoms with Gasteiger partial charge in [0.1, 0.15) is 17.3 Å². The molecule has 164 valence electrons. The van der Waals surface area contributed by atoms with Gasteiger partial charge in [0, 0.05) is 17.6 Å². The number of urea groups is 1. The Morgan fingerprint density at radius 3 is 2.69 bits per heavy atom. The number of rotatable bonds is 5. The molecule has 3 aromatic heterocycles. The zero-order chi connectivity index (χ0) is 23.0. The van der Waals surface area contributed by atoms with E-state index < -0.39 is 17.9 Å². The van der Waals surface area contributed by atoms with Crippen LogP contribution in [0.15, 0.2) is 46.6 Å². The number of aryl methyl sites for hydroxylation is 2. The first-order valence-electron chi connectivity index (χ1n) is 9.92. The van der Waals surface area contributed by atoms with Gasteiger partial charge in [0.05, 0.1) is 13.7 Å². The van der Waals surface area contributed by atoms with Gasteiger partial charge in [-0.2, -0.15) is 0 Å². The summed E-state index contributed by atoms with van der Waals surface area (Å²) in [5.74, 6) is -0.0364. The molecule has 0 aromatic carbocycles. The number of imide groups is 1. The molecule has 3 aromatic rings. The molecule has 0 spiro atoms. The molecule has 4 heterocycles. The van der Waals surface area contributed by atoms with Crippen LogP contribution in [0.3, 0.4) is 0 Å². The average molecular weight is 434 g/mol. The standard InChI is InChI=1S/C23H22N4O5/c1-13-7-8-24-20(9-13)27-14(2)10-16(15(27)3)11-18-21(28)26(23(30)25-18)12-17-5-6-19(32-17)22(29)31-4/h5-11H,12H2,1-4H3,(H,25,30)/b18-11-. The van der Waals surface area contributed by atoms with Crippen molar-refractivity contribution in [2.45, 2.75) is 27.3 Å². The van der Waals surface area contributed by atoms with Crippen LogP contribution in [0.1, 0.15) is 38.8 Å². The average Bonchev–Trinajstić information content (AvgIpc) is 3.41. The molecule has 0 atom stereocenters. The zero-order valence-corrected chi connectivity index (χ0v) is 18.1. The van der Waals surface area contributed by atoms with Crippen molar-refractivity contribution in [3.05, 3.63) is 76.3 Å². The van der Waals surface area contributed by atoms with Crippen LogP contribution in [0, 0.1) is 20.8 Å². The van der Waals surface area contributed by atoms with Crippen molar-refractivity contribution in [2.24, 2.45) is 0 Å². The predicted octanol–water partition coefficient (Wildman–Crippen LogP) is 3.27. The number of carbonyl (C=O) groups is 3. The molecule has 9 nitrogen and oxygen atoms in total. The first-order valence-corrected chi connectivity index (χ1v) is 9.92. The highest BCUT2D eigenvalue weighted by molar-refractivity contribution is 6.13. The molecule has 9 heteroatoms. The van der Waals surface area contributed by atoms with Crippen LogP contribution >= 0.6 is 0 Å². The van der Waals surface area contributed by atoms with Gasteiger partial charge in [-0.25, -0.2) is 14.6 Å². The van der Waals surface area contributed by atoms with Crippen LogP contribution in [-0.2, 0) is 16.1 Å². The Balaban J connectivity index is 1.59. The lowest BCUT2D eigenvalue weighted by Crippen LogP contribution is -2.30. The van der Waals surface area contributed by atoms with Crippen molar-refractivity contribution in [3.63, 3.8) is 0 Å². The van der Waals surface area contributed by atoms with E-state index in [-0.39, 0.29) is 18.0 Å². The lowest BCUT2D eigenvalue weighted by Gasteiger charge is -2.09. The van der Waals surface area contributed by atoms with Gasteiger partial charge in [-0.3, -0.25) is 9.69 Å². The number of esters is 1. The second-order valence-corrected chi connectivity index (χ2v) is 7.49. The fraction of sp³-hybridized carbons (Fsp3) is 0.217. The van der Waals surface area contributed by atoms with Gasteiger partial charge in [0.2, 0.25) is 5.76 Å². The number of amides is 3. The highest BCUT2D eigenvalue weighted by atomic mass is 16.5. The van der Waals surface area contributed by atoms with E-state index in [1.807, 2.05) is 43.5 Å². The molecule has 0 aliphatic carbocycles. The SMILES string of the molecule is COC(=O)c1ccc(CN2C(=O)N/C(=C\c3cc(C)n(-c4cc(C)ccn4)c3C)C2=O)o1. The molecule has 3 amide bonds. The Morgan fingerprint density at radius 1 is 1.19 bits per heavy atom. The third kappa shape index (κ3) is 3.80. The molecular weight excluding hydrogens is 412 g/mol. The number of nitrogens with zero attached hydrogens (tertiary/aromatic N) is 3. The van der Waals surface area contributed by atoms with E-state index in [4.69, 9.17) is 4.42 Å². The number of ether oxygens (including phenoxy) is 1. The number of nitrogens with one attached hydrogen (secondary N) is 1. The third-order valence-electron chi connectivity index (χ3n) is 5.22. The van der Waals surface area contributed by atoms with Crippen LogP contribution < -0.4 is 5.32 Å². The maximum absolute atomic E-state index is 12.9. The monoisotopic (exact) mass is 434 g/mol. The molecule has 1 N–H and O–H groups in total. The molecule has 0 bridgehead atoms. The highest BCUT2D eigenvalue weighted by Crippen LogP contribution is 2.24. The van der Waals surface area contributed by atoms with Gasteiger partial charge in [0.15, 0.2) is 0 Å². The summed E-state index contributed by atoms with van der Waals surface area (Å²) >= 11 is 0. The number of hydrogen-bond donors (Lipinski definition) is 1. The summed E-state index contributed by atoms with van der Waals surface area (Å²) in [5.41, 5.74) is 3.88. The van der Waals surface area contributed by atoms with Crippen LogP contribution in [0.4, 0.5) is 4.79 Å². The fourth-order valence-electron chi connectivity index (χ4n) is 3.63. The quantitative estimate of drug-likeness (QED) is 0.375. The summed E-state index contributed by atoms with van der Waals surface area (Å²) in [7, 11) is 1.24. The van der Waals surface area contributed by atoms with E-state index in [9.17, 15) is 14.4 Å². The molecule has 0 radical (unpaired) electrons. The van der Waals surface area contributed by atoms with Crippen molar-refractivity contribution in [1.82, 2.24) is 19.8 Å². The van der Waals surface area contributed by atoms with Crippen molar-refractivity contribution >= 4 is 24.0 Å². The van der Waals surface area contributed by atoms with E-state index in [0.29, 0.717) is 5.76 Å². The smallest absolute Gasteiger partial charge is 0.373 e. The summed E-state index contributed by atoms with van der Waals surface area (Å²) in [5, 5.41) is 2.61. The van der Waals surface area contributed by atoms with E-state index in [0.717, 1.165) is 33.2 Å². The predicted molar refractivity (Wildman–Crippen MR) is 115 cm³/mol. The largest absolute Gasteiger partial charge is 0.463 e. The number of furan rings is 1. The van der Waals surface area contributed by atoms with Crippen LogP contribution in [0.2, 0.25) is 0 Å². The van der Waals surface area contributed by atoms with Crippen LogP contribution in [0.5, 0.6) is 0 Å². The van der Waals surface area contributed by atoms with Gasteiger partial charge in [-0.15, -0.1) is 0 Å². The Labute approximate surface area is 184 Å². The number of pyridine rings is 1. The van der Waals surface area contributed by atoms with E-state index in [2.05, 4.69) is 15.0 Å². The van der Waals surface area contributed by atoms with Gasteiger partial charge in [0.25, 0.3) is 5.91 Å². The Hall–Kier alpha value is -4.14. The fourth-order valence-corrected chi connectivity index (χ4v) is 3.63. The van der Waals surface area contributed by atoms with Crippen molar-refractivity contribution in [1.29, 1.82) is 0 Å². The Kier molecular flexibility index (Phi) is 5.40. The van der Waals surface area contributed by atoms with Gasteiger partial charge >= 0.3 is 12.0 Å². The number of hydrogen-bond acceptors (Lipinski definition) is 6. The number of aromatic nitrogens is 2. The first kappa shape index (κ1) is 21.1. The van der Waals surface area contributed by atoms with Gasteiger partial charge in [-0.1, -0.05) is 0 Å². The van der Waals surface area contributed by atoms with Crippen molar-refractivity contribution in [2.75, 3.05) is 7.11 Å². The zero-order valence-electron chi connectivity index (χ0n) is 18.1. The summed E-state index contributed by atoms with van der Waals surface area (Å²) < 4.78 is 12.0. The Bertz CT molecular complexity index is 1270. The minimum absolute atomic E-state index is 0.00233. The topological polar surface area (TPSA) is 107 Å². The summed E-state index contributed by atoms with van der Waals surface area (Å²) in [6.07, 6.45) is 3.40. The second-order valence-electron chi connectivity index (χ2n) is 7.49. The summed E-state index contributed by atoms with van der Waals surface area (Å²) in [4.78, 5) is 42.3. The maximum atomic E-state index is 12.9. The van der Waals surface area contributed by atoms with E-state index >= 15 is 0 Å². The third-order valence-corrected chi connectivity index (χ3v) is 5.22. The highest BCUT2D eigenvalue weighted by Gasteiger charge is 2.34. The molecule has 1 aliphatic rings. The van der Waals surface area contributed by atoms with Crippen molar-refractivity contribution < 1.29 is 23.5 Å². The van der Waals surface area contributed by atoms with E-state index in [1.54, 1.807) is 12.3 Å². The molecule has 1 saturated heterocycles. The minimum Gasteiger partial charge on any atom is -0.463 e. The summed E-state index contributed by atoms with van der Waals surface area (Å²) in [6, 6.07) is 8.24. The molecule has 1 aliphatic heterocycles. The molecular formula is C23H22N4O5. The van der Waals surface area contributed by atoms with Crippen molar-refractivity contribution in [3.8, 4) is 5.82 Å². The second kappa shape index (κ2) is 8.18. The molecule has 1 fully saturated rings. The van der Waals surface area contributed by atoms with Crippen LogP contribution in [0.25, 0.3) is 11.9 Å². The van der Waals surface area contributed by atoms with Gasteiger partial charge in [-0.05, 0) is 68.3 Å². The maximum Gasteiger partial charge on any atom is 0.373 e. The minimum atomic E-state index is -0.632. The molecule has 0 saturated carbocycles. The molecule has 4 rings (SSSR count). The van der Waals surface area contributed by atoms with E-state index in [1.165, 1.54) is 19.2 Å². The first-order chi connectivity index (χ1) is 15.3. The molecule has 32 heavy (non-hydrogen) atoms. The lowest BCUT2D eigenvalue weighted by molar-refractivity contribution is -0.123. The lowest BCUT2D eigenvalue weighted by atomic mass is 10.2. The summed E-state index contributed by atoms with van der Waals surface area (Å²) in [6.45, 7) is 5.78. The molecule has 0 unspecified atom stereocenters. The van der Waals surface area contributed by atoms with Gasteiger partial charge < -0.3 is 19.0 Å². The number of methoxy groups -OCH3 is 1. The Morgan fingerprint density at radius 2 is 1.97 bits per heavy atom. The normalized spacial score (nSPS) is 14.9. The number of carbonyl (C=O) groups excluding carboxylic acids is 3.